The number of benzene rings is 5. The molecule has 0 heterocycles. The van der Waals surface area contributed by atoms with E-state index in [1.165, 1.54) is 5.56 Å². The molecule has 0 aliphatic carbocycles. The average Bonchev–Trinajstić information content (AvgIpc) is 3.15. The van der Waals surface area contributed by atoms with Crippen LogP contribution in [0, 0.1) is 0 Å². The quantitative estimate of drug-likeness (QED) is 0.0903. The van der Waals surface area contributed by atoms with Gasteiger partial charge < -0.3 is 0 Å². The fourth-order valence-electron chi connectivity index (χ4n) is 7.03. The van der Waals surface area contributed by atoms with E-state index in [9.17, 15) is 105 Å². The van der Waals surface area contributed by atoms with Gasteiger partial charge in [-0.25, -0.2) is 0 Å². The molecule has 0 bridgehead atoms. The second-order valence-corrected chi connectivity index (χ2v) is 17.7. The van der Waals surface area contributed by atoms with Crippen LogP contribution in [0.3, 0.4) is 0 Å². The van der Waals surface area contributed by atoms with Crippen molar-refractivity contribution >= 4 is 50.5 Å². The summed E-state index contributed by atoms with van der Waals surface area (Å²) in [6.45, 7) is 0. The van der Waals surface area contributed by atoms with Crippen LogP contribution >= 0.6 is 11.6 Å². The molecule has 0 spiro atoms. The normalized spacial score (nSPS) is 13.7. The molecule has 372 valence electrons. The Balaban J connectivity index is 0.000000802. The zero-order valence-electron chi connectivity index (χ0n) is 33.4. The second-order valence-electron chi connectivity index (χ2n) is 15.0. The molecule has 0 fully saturated rings. The van der Waals surface area contributed by atoms with Crippen molar-refractivity contribution < 1.29 is 105 Å². The minimum Gasteiger partial charge on any atom is -0.194 e. The topological polar surface area (TPSA) is 0 Å². The number of rotatable bonds is 6. The lowest BCUT2D eigenvalue weighted by Crippen LogP contribution is -2.75. The molecular formula is C41H24BClF24S. The summed E-state index contributed by atoms with van der Waals surface area (Å²) in [5.74, 6) is 1.14. The zero-order valence-corrected chi connectivity index (χ0v) is 35.0. The molecule has 68 heavy (non-hydrogen) atoms. The molecule has 0 N–H and O–H groups in total. The molecule has 0 unspecified atom stereocenters. The van der Waals surface area contributed by atoms with Crippen molar-refractivity contribution in [2.75, 3.05) is 12.5 Å². The molecule has 0 radical (unpaired) electrons. The first kappa shape index (κ1) is 55.7. The molecule has 5 aromatic rings. The van der Waals surface area contributed by atoms with E-state index in [-0.39, 0.29) is 0 Å². The van der Waals surface area contributed by atoms with Gasteiger partial charge in [-0.15, -0.1) is 0 Å². The SMILES string of the molecule is C[S+](C)Cc1cccc(Cl)c1.FC(F)(F)c1cc([B-](c2cc(C(F)(F)F)cc(C(F)(F)F)c2)(c2cc(C(F)(F)F)cc(C(F)(F)F)c2)c2cc(C(F)(F)F)cc(C(F)(F)F)c2)cc(C(F)(F)F)c1. The zero-order chi connectivity index (χ0) is 52.2. The largest absolute Gasteiger partial charge is 0.416 e. The molecule has 0 aliphatic heterocycles. The summed E-state index contributed by atoms with van der Waals surface area (Å²) < 4.78 is 341. The molecule has 0 aliphatic rings. The summed E-state index contributed by atoms with van der Waals surface area (Å²) in [5, 5.41) is 0.841. The Bertz CT molecular complexity index is 2150. The highest BCUT2D eigenvalue weighted by Crippen LogP contribution is 2.41. The van der Waals surface area contributed by atoms with Gasteiger partial charge in [0.1, 0.15) is 11.9 Å². The van der Waals surface area contributed by atoms with Gasteiger partial charge in [0.2, 0.25) is 0 Å². The van der Waals surface area contributed by atoms with Gasteiger partial charge in [0.25, 0.3) is 0 Å². The summed E-state index contributed by atoms with van der Waals surface area (Å²) in [6, 6.07) is -0.734. The third-order valence-corrected chi connectivity index (χ3v) is 10.9. The molecule has 0 atom stereocenters. The summed E-state index contributed by atoms with van der Waals surface area (Å²) in [4.78, 5) is 0. The fraction of sp³-hybridized carbons (Fsp3) is 0.268. The first-order chi connectivity index (χ1) is 30.4. The molecule has 5 aromatic carbocycles. The fourth-order valence-corrected chi connectivity index (χ4v) is 8.09. The lowest BCUT2D eigenvalue weighted by molar-refractivity contribution is -0.144. The van der Waals surface area contributed by atoms with E-state index >= 15 is 0 Å². The highest BCUT2D eigenvalue weighted by atomic mass is 35.5. The smallest absolute Gasteiger partial charge is 0.194 e. The maximum atomic E-state index is 14.2. The maximum Gasteiger partial charge on any atom is 0.416 e. The lowest BCUT2D eigenvalue weighted by atomic mass is 9.12. The van der Waals surface area contributed by atoms with E-state index < -0.39 is 195 Å². The van der Waals surface area contributed by atoms with E-state index in [1.807, 2.05) is 18.2 Å². The third kappa shape index (κ3) is 13.3. The number of alkyl halides is 24. The Morgan fingerprint density at radius 1 is 0.338 bits per heavy atom. The maximum absolute atomic E-state index is 14.2. The summed E-state index contributed by atoms with van der Waals surface area (Å²) >= 11 is 5.83. The average molecular weight is 1050 g/mol. The van der Waals surface area contributed by atoms with Crippen molar-refractivity contribution in [2.45, 2.75) is 55.2 Å². The monoisotopic (exact) mass is 1050 g/mol. The van der Waals surface area contributed by atoms with Gasteiger partial charge in [-0.05, 0) is 47.3 Å². The van der Waals surface area contributed by atoms with Crippen molar-refractivity contribution in [3.8, 4) is 0 Å². The molecule has 0 amide bonds. The van der Waals surface area contributed by atoms with Crippen molar-refractivity contribution in [1.29, 1.82) is 0 Å². The molecule has 27 heteroatoms. The van der Waals surface area contributed by atoms with Crippen molar-refractivity contribution in [2.24, 2.45) is 0 Å². The highest BCUT2D eigenvalue weighted by Gasteiger charge is 2.47. The van der Waals surface area contributed by atoms with Gasteiger partial charge in [-0.2, -0.15) is 127 Å². The van der Waals surface area contributed by atoms with Crippen molar-refractivity contribution in [3.63, 3.8) is 0 Å². The highest BCUT2D eigenvalue weighted by molar-refractivity contribution is 7.94. The minimum atomic E-state index is -6.13. The first-order valence-electron chi connectivity index (χ1n) is 18.1. The van der Waals surface area contributed by atoms with Crippen LogP contribution in [0.5, 0.6) is 0 Å². The van der Waals surface area contributed by atoms with Gasteiger partial charge in [-0.1, -0.05) is 72.3 Å². The molecule has 0 nitrogen and oxygen atoms in total. The number of hydrogen-bond donors (Lipinski definition) is 0. The standard InChI is InChI=1S/C32H12BF24.C9H12ClS/c34-25(35,36)13-1-14(26(37,38)39)6-21(5-13)33(22-7-15(27(40,41)42)2-16(8-22)28(43,44)45,23-9-17(29(46,47)48)3-18(10-23)30(49,50)51)24-11-19(31(52,53)54)4-20(12-24)32(55,56)57;1-11(2)7-8-4-3-5-9(10)6-8/h1-12H;3-6H,7H2,1-2H3/q-1;+1. The Morgan fingerprint density at radius 3 is 0.706 bits per heavy atom. The predicted molar refractivity (Wildman–Crippen MR) is 204 cm³/mol. The summed E-state index contributed by atoms with van der Waals surface area (Å²) in [7, 11) is 0.467. The van der Waals surface area contributed by atoms with Crippen LogP contribution in [-0.4, -0.2) is 18.7 Å². The van der Waals surface area contributed by atoms with E-state index in [0.717, 1.165) is 10.8 Å². The van der Waals surface area contributed by atoms with Crippen LogP contribution in [0.2, 0.25) is 5.02 Å². The van der Waals surface area contributed by atoms with Crippen molar-refractivity contribution in [1.82, 2.24) is 0 Å². The lowest BCUT2D eigenvalue weighted by Gasteiger charge is -2.46. The Morgan fingerprint density at radius 2 is 0.544 bits per heavy atom. The summed E-state index contributed by atoms with van der Waals surface area (Å²) in [5.41, 5.74) is -28.9. The third-order valence-electron chi connectivity index (χ3n) is 9.78. The van der Waals surface area contributed by atoms with Crippen LogP contribution in [0.25, 0.3) is 0 Å². The van der Waals surface area contributed by atoms with E-state index in [1.54, 1.807) is 0 Å². The molecule has 0 saturated heterocycles. The number of hydrogen-bond acceptors (Lipinski definition) is 0. The van der Waals surface area contributed by atoms with Crippen LogP contribution in [0.4, 0.5) is 105 Å². The van der Waals surface area contributed by atoms with E-state index in [4.69, 9.17) is 11.6 Å². The first-order valence-corrected chi connectivity index (χ1v) is 20.7. The van der Waals surface area contributed by atoms with Crippen molar-refractivity contribution in [3.05, 3.63) is 152 Å². The molecule has 0 aromatic heterocycles. The molecule has 0 saturated carbocycles. The Kier molecular flexibility index (Phi) is 15.4. The van der Waals surface area contributed by atoms with E-state index in [0.29, 0.717) is 10.9 Å². The van der Waals surface area contributed by atoms with Crippen LogP contribution in [-0.2, 0) is 66.1 Å². The molecular weight excluding hydrogens is 1030 g/mol. The Labute approximate surface area is 375 Å². The van der Waals surface area contributed by atoms with E-state index in [2.05, 4.69) is 18.6 Å². The minimum absolute atomic E-state index is 0.467. The second kappa shape index (κ2) is 18.8. The number of halogens is 25. The van der Waals surface area contributed by atoms with Gasteiger partial charge in [0, 0.05) is 10.6 Å². The van der Waals surface area contributed by atoms with Gasteiger partial charge in [0.15, 0.2) is 0 Å². The Hall–Kier alpha value is -4.88. The van der Waals surface area contributed by atoms with Gasteiger partial charge in [-0.3, -0.25) is 0 Å². The van der Waals surface area contributed by atoms with Gasteiger partial charge >= 0.3 is 49.4 Å². The van der Waals surface area contributed by atoms with Crippen LogP contribution in [0.15, 0.2) is 97.1 Å². The van der Waals surface area contributed by atoms with Gasteiger partial charge in [0.05, 0.1) is 57.0 Å². The van der Waals surface area contributed by atoms with Crippen LogP contribution < -0.4 is 21.9 Å². The predicted octanol–water partition coefficient (Wildman–Crippen LogP) is 13.9. The molecule has 5 rings (SSSR count). The summed E-state index contributed by atoms with van der Waals surface area (Å²) in [6.07, 6.45) is -50.3. The van der Waals surface area contributed by atoms with Crippen LogP contribution in [0.1, 0.15) is 50.1 Å².